The van der Waals surface area contributed by atoms with Crippen LogP contribution in [0.5, 0.6) is 0 Å². The van der Waals surface area contributed by atoms with Gasteiger partial charge in [0.25, 0.3) is 0 Å². The van der Waals surface area contributed by atoms with Crippen LogP contribution >= 0.6 is 0 Å². The first-order chi connectivity index (χ1) is 23.5. The molecule has 0 saturated heterocycles. The van der Waals surface area contributed by atoms with E-state index in [1.165, 1.54) is 0 Å². The van der Waals surface area contributed by atoms with Gasteiger partial charge in [0.1, 0.15) is 16.9 Å². The first kappa shape index (κ1) is 33.1. The summed E-state index contributed by atoms with van der Waals surface area (Å²) in [4.78, 5) is 13.5. The molecule has 9 rings (SSSR count). The van der Waals surface area contributed by atoms with E-state index < -0.39 is 0 Å². The molecular formula is C39H30IrN9. The molecule has 0 fully saturated rings. The molecule has 0 unspecified atom stereocenters. The van der Waals surface area contributed by atoms with E-state index in [2.05, 4.69) is 48.4 Å². The van der Waals surface area contributed by atoms with Crippen molar-refractivity contribution in [3.8, 4) is 34.2 Å². The number of hydrogen-bond acceptors (Lipinski definition) is 6. The Bertz CT molecular complexity index is 2160. The van der Waals surface area contributed by atoms with Gasteiger partial charge in [-0.25, -0.2) is 13.5 Å². The van der Waals surface area contributed by atoms with Gasteiger partial charge in [-0.2, -0.15) is 15.3 Å². The predicted molar refractivity (Wildman–Crippen MR) is 186 cm³/mol. The van der Waals surface area contributed by atoms with E-state index in [0.717, 1.165) is 67.8 Å². The van der Waals surface area contributed by atoms with Crippen LogP contribution in [0.4, 0.5) is 0 Å². The largest absolute Gasteiger partial charge is 3.00 e. The Labute approximate surface area is 297 Å². The van der Waals surface area contributed by atoms with Crippen LogP contribution in [0.1, 0.15) is 16.7 Å². The van der Waals surface area contributed by atoms with Crippen LogP contribution in [0, 0.1) is 39.0 Å². The molecule has 0 radical (unpaired) electrons. The Balaban J connectivity index is 0.000000126. The second-order valence-corrected chi connectivity index (χ2v) is 11.0. The summed E-state index contributed by atoms with van der Waals surface area (Å²) in [7, 11) is 0. The second-order valence-electron chi connectivity index (χ2n) is 11.0. The molecule has 0 amide bonds. The average Bonchev–Trinajstić information content (AvgIpc) is 3.89. The van der Waals surface area contributed by atoms with Gasteiger partial charge in [-0.1, -0.05) is 18.2 Å². The van der Waals surface area contributed by atoms with Crippen LogP contribution in [0.2, 0.25) is 0 Å². The van der Waals surface area contributed by atoms with Crippen molar-refractivity contribution in [2.45, 2.75) is 20.8 Å². The summed E-state index contributed by atoms with van der Waals surface area (Å²) in [5, 5.41) is 13.3. The second kappa shape index (κ2) is 14.9. The van der Waals surface area contributed by atoms with E-state index in [1.807, 2.05) is 149 Å². The normalized spacial score (nSPS) is 10.6. The van der Waals surface area contributed by atoms with Crippen LogP contribution in [-0.4, -0.2) is 43.8 Å². The number of aryl methyl sites for hydroxylation is 3. The van der Waals surface area contributed by atoms with E-state index in [4.69, 9.17) is 0 Å². The zero-order valence-electron chi connectivity index (χ0n) is 27.0. The zero-order valence-corrected chi connectivity index (χ0v) is 29.4. The molecule has 0 atom stereocenters. The maximum Gasteiger partial charge on any atom is 3.00 e. The van der Waals surface area contributed by atoms with Crippen molar-refractivity contribution in [3.63, 3.8) is 0 Å². The van der Waals surface area contributed by atoms with E-state index in [1.54, 1.807) is 13.5 Å². The van der Waals surface area contributed by atoms with Gasteiger partial charge in [0.2, 0.25) is 0 Å². The molecule has 6 heterocycles. The van der Waals surface area contributed by atoms with Crippen molar-refractivity contribution in [2.24, 2.45) is 0 Å². The van der Waals surface area contributed by atoms with Crippen molar-refractivity contribution in [1.29, 1.82) is 0 Å². The third kappa shape index (κ3) is 7.36. The number of pyridine rings is 3. The minimum atomic E-state index is 0. The minimum Gasteiger partial charge on any atom is -0.257 e. The third-order valence-electron chi connectivity index (χ3n) is 7.52. The van der Waals surface area contributed by atoms with Gasteiger partial charge in [0.15, 0.2) is 0 Å². The molecule has 240 valence electrons. The molecule has 0 N–H and O–H groups in total. The number of aromatic nitrogens is 9. The number of rotatable bonds is 3. The Morgan fingerprint density at radius 2 is 0.714 bits per heavy atom. The molecule has 0 aliphatic carbocycles. The zero-order chi connectivity index (χ0) is 32.9. The van der Waals surface area contributed by atoms with Crippen molar-refractivity contribution in [2.75, 3.05) is 0 Å². The average molecular weight is 817 g/mol. The molecule has 49 heavy (non-hydrogen) atoms. The first-order valence-corrected chi connectivity index (χ1v) is 15.4. The van der Waals surface area contributed by atoms with Crippen molar-refractivity contribution < 1.29 is 20.1 Å². The number of nitrogens with zero attached hydrogens (tertiary/aromatic N) is 9. The Kier molecular flexibility index (Phi) is 10.1. The smallest absolute Gasteiger partial charge is 0.257 e. The Morgan fingerprint density at radius 1 is 0.408 bits per heavy atom. The fourth-order valence-electron chi connectivity index (χ4n) is 5.06. The number of fused-ring (bicyclic) bond motifs is 3. The molecule has 9 nitrogen and oxygen atoms in total. The summed E-state index contributed by atoms with van der Waals surface area (Å²) >= 11 is 0. The molecular weight excluding hydrogens is 787 g/mol. The minimum absolute atomic E-state index is 0. The molecule has 0 aliphatic heterocycles. The van der Waals surface area contributed by atoms with Gasteiger partial charge in [-0.15, -0.1) is 108 Å². The fraction of sp³-hybridized carbons (Fsp3) is 0.0769. The van der Waals surface area contributed by atoms with Crippen LogP contribution in [-0.2, 0) is 20.1 Å². The van der Waals surface area contributed by atoms with E-state index >= 15 is 0 Å². The van der Waals surface area contributed by atoms with E-state index in [0.29, 0.717) is 0 Å². The van der Waals surface area contributed by atoms with E-state index in [-0.39, 0.29) is 20.1 Å². The Hall–Kier alpha value is -5.83. The van der Waals surface area contributed by atoms with Crippen molar-refractivity contribution >= 4 is 16.9 Å². The summed E-state index contributed by atoms with van der Waals surface area (Å²) < 4.78 is 5.39. The topological polar surface area (TPSA) is 90.6 Å². The molecule has 0 saturated carbocycles. The van der Waals surface area contributed by atoms with Gasteiger partial charge < -0.3 is 0 Å². The standard InChI is InChI=1S/3C13H10N3.Ir/c3*1-10-6-5-9-16-13(10)14-12(15-16)11-7-3-2-4-8-11;/h3*2-7,9H,1H3;/q3*-1;+3. The van der Waals surface area contributed by atoms with Gasteiger partial charge in [-0.3, -0.25) is 15.0 Å². The Morgan fingerprint density at radius 3 is 0.959 bits per heavy atom. The quantitative estimate of drug-likeness (QED) is 0.172. The van der Waals surface area contributed by atoms with Crippen LogP contribution in [0.15, 0.2) is 128 Å². The molecule has 0 spiro atoms. The van der Waals surface area contributed by atoms with Gasteiger partial charge >= 0.3 is 20.1 Å². The maximum absolute atomic E-state index is 4.50. The number of hydrogen-bond donors (Lipinski definition) is 0. The molecule has 0 bridgehead atoms. The van der Waals surface area contributed by atoms with Gasteiger partial charge in [0.05, 0.1) is 17.5 Å². The van der Waals surface area contributed by atoms with Crippen molar-refractivity contribution in [1.82, 2.24) is 43.8 Å². The fourth-order valence-corrected chi connectivity index (χ4v) is 5.06. The molecule has 0 aliphatic rings. The summed E-state index contributed by atoms with van der Waals surface area (Å²) in [5.41, 5.74) is 8.83. The van der Waals surface area contributed by atoms with E-state index in [9.17, 15) is 0 Å². The monoisotopic (exact) mass is 817 g/mol. The van der Waals surface area contributed by atoms with Gasteiger partial charge in [0, 0.05) is 18.6 Å². The first-order valence-electron chi connectivity index (χ1n) is 15.4. The number of benzene rings is 3. The van der Waals surface area contributed by atoms with Crippen molar-refractivity contribution in [3.05, 3.63) is 163 Å². The summed E-state index contributed by atoms with van der Waals surface area (Å²) in [5.74, 6) is 2.15. The van der Waals surface area contributed by atoms with Crippen LogP contribution in [0.25, 0.3) is 51.1 Å². The SMILES string of the molecule is Cc1cccn2nc(-c3[c-]cccc3)nc12.Cc1cccn2nc(-c3[c-]cccc3)nc12.Cc1cccn2nc(-c3[c-]cccc3)nc12.[Ir+3]. The molecule has 9 aromatic rings. The van der Waals surface area contributed by atoms with Crippen LogP contribution in [0.3, 0.4) is 0 Å². The summed E-state index contributed by atoms with van der Waals surface area (Å²) in [6, 6.07) is 44.6. The molecule has 3 aromatic carbocycles. The predicted octanol–water partition coefficient (Wildman–Crippen LogP) is 7.51. The maximum atomic E-state index is 4.50. The summed E-state index contributed by atoms with van der Waals surface area (Å²) in [6.45, 7) is 6.09. The molecule has 6 aromatic heterocycles. The van der Waals surface area contributed by atoms with Gasteiger partial charge in [-0.05, 0) is 55.7 Å². The third-order valence-corrected chi connectivity index (χ3v) is 7.52. The molecule has 10 heteroatoms. The summed E-state index contributed by atoms with van der Waals surface area (Å²) in [6.07, 6.45) is 5.71. The van der Waals surface area contributed by atoms with Crippen LogP contribution < -0.4 is 0 Å².